The molecule has 0 fully saturated rings. The van der Waals surface area contributed by atoms with Gasteiger partial charge in [-0.15, -0.1) is 0 Å². The van der Waals surface area contributed by atoms with Crippen molar-refractivity contribution < 1.29 is 23.9 Å². The Bertz CT molecular complexity index is 895. The molecule has 0 atom stereocenters. The molecule has 0 saturated carbocycles. The first-order chi connectivity index (χ1) is 13.3. The summed E-state index contributed by atoms with van der Waals surface area (Å²) in [5, 5.41) is 7.59. The summed E-state index contributed by atoms with van der Waals surface area (Å²) in [6.07, 6.45) is 0. The van der Waals surface area contributed by atoms with Crippen LogP contribution in [0.4, 0.5) is 11.4 Å². The molecule has 8 nitrogen and oxygen atoms in total. The Morgan fingerprint density at radius 2 is 1.61 bits per heavy atom. The average Bonchev–Trinajstić information content (AvgIpc) is 2.64. The molecule has 0 bridgehead atoms. The summed E-state index contributed by atoms with van der Waals surface area (Å²) in [4.78, 5) is 46.6. The Morgan fingerprint density at radius 1 is 0.929 bits per heavy atom. The zero-order valence-corrected chi connectivity index (χ0v) is 15.6. The van der Waals surface area contributed by atoms with E-state index in [0.717, 1.165) is 5.56 Å². The van der Waals surface area contributed by atoms with E-state index in [1.54, 1.807) is 42.5 Å². The zero-order chi connectivity index (χ0) is 20.5. The normalized spacial score (nSPS) is 9.93. The van der Waals surface area contributed by atoms with Crippen LogP contribution in [0, 0.1) is 6.92 Å². The predicted molar refractivity (Wildman–Crippen MR) is 104 cm³/mol. The van der Waals surface area contributed by atoms with Crippen LogP contribution < -0.4 is 16.0 Å². The molecule has 3 amide bonds. The Kier molecular flexibility index (Phi) is 7.27. The molecule has 0 spiro atoms. The average molecular weight is 383 g/mol. The lowest BCUT2D eigenvalue weighted by Crippen LogP contribution is -2.32. The van der Waals surface area contributed by atoms with Crippen molar-refractivity contribution in [1.82, 2.24) is 5.32 Å². The van der Waals surface area contributed by atoms with Crippen molar-refractivity contribution in [2.45, 2.75) is 13.8 Å². The highest BCUT2D eigenvalue weighted by Gasteiger charge is 2.11. The molecule has 2 aromatic carbocycles. The Labute approximate surface area is 162 Å². The van der Waals surface area contributed by atoms with Crippen LogP contribution in [0.3, 0.4) is 0 Å². The van der Waals surface area contributed by atoms with Crippen LogP contribution in [-0.4, -0.2) is 36.8 Å². The number of esters is 1. The van der Waals surface area contributed by atoms with Crippen molar-refractivity contribution >= 4 is 35.1 Å². The molecule has 2 aromatic rings. The lowest BCUT2D eigenvalue weighted by molar-refractivity contribution is -0.146. The van der Waals surface area contributed by atoms with Crippen molar-refractivity contribution in [3.63, 3.8) is 0 Å². The maximum absolute atomic E-state index is 12.0. The fourth-order valence-electron chi connectivity index (χ4n) is 2.31. The number of hydrogen-bond acceptors (Lipinski definition) is 5. The van der Waals surface area contributed by atoms with Gasteiger partial charge in [-0.2, -0.15) is 0 Å². The van der Waals surface area contributed by atoms with E-state index in [2.05, 4.69) is 16.0 Å². The van der Waals surface area contributed by atoms with Crippen molar-refractivity contribution in [3.05, 3.63) is 59.7 Å². The highest BCUT2D eigenvalue weighted by atomic mass is 16.5. The number of ether oxygens (including phenoxy) is 1. The third-order valence-electron chi connectivity index (χ3n) is 3.50. The quantitative estimate of drug-likeness (QED) is 0.632. The number of amides is 3. The van der Waals surface area contributed by atoms with Gasteiger partial charge in [0.1, 0.15) is 6.54 Å². The molecule has 0 aliphatic rings. The van der Waals surface area contributed by atoms with Crippen molar-refractivity contribution in [2.75, 3.05) is 23.8 Å². The molecule has 2 rings (SSSR count). The highest BCUT2D eigenvalue weighted by molar-refractivity contribution is 5.97. The smallest absolute Gasteiger partial charge is 0.325 e. The van der Waals surface area contributed by atoms with Crippen LogP contribution in [0.2, 0.25) is 0 Å². The number of anilines is 2. The third-order valence-corrected chi connectivity index (χ3v) is 3.50. The number of hydrogen-bond donors (Lipinski definition) is 3. The molecule has 0 unspecified atom stereocenters. The Morgan fingerprint density at radius 3 is 2.29 bits per heavy atom. The summed E-state index contributed by atoms with van der Waals surface area (Å²) in [6.45, 7) is 2.39. The number of aryl methyl sites for hydroxylation is 1. The SMILES string of the molecule is CC(=O)Nc1cccc(NC(=O)COC(=O)CNC(=O)c2cccc(C)c2)c1. The first-order valence-electron chi connectivity index (χ1n) is 8.51. The maximum Gasteiger partial charge on any atom is 0.325 e. The third kappa shape index (κ3) is 6.91. The summed E-state index contributed by atoms with van der Waals surface area (Å²) in [6, 6.07) is 13.5. The van der Waals surface area contributed by atoms with E-state index in [-0.39, 0.29) is 12.5 Å². The second-order valence-corrected chi connectivity index (χ2v) is 6.02. The molecule has 28 heavy (non-hydrogen) atoms. The summed E-state index contributed by atoms with van der Waals surface area (Å²) >= 11 is 0. The number of carbonyl (C=O) groups excluding carboxylic acids is 4. The van der Waals surface area contributed by atoms with E-state index >= 15 is 0 Å². The van der Waals surface area contributed by atoms with Crippen LogP contribution in [-0.2, 0) is 19.1 Å². The van der Waals surface area contributed by atoms with Crippen molar-refractivity contribution in [2.24, 2.45) is 0 Å². The standard InChI is InChI=1S/C20H21N3O5/c1-13-5-3-6-15(9-13)20(27)21-11-19(26)28-12-18(25)23-17-8-4-7-16(10-17)22-14(2)24/h3-10H,11-12H2,1-2H3,(H,21,27)(H,22,24)(H,23,25). The van der Waals surface area contributed by atoms with Gasteiger partial charge in [-0.05, 0) is 37.3 Å². The van der Waals surface area contributed by atoms with E-state index in [1.165, 1.54) is 6.92 Å². The molecule has 0 aliphatic carbocycles. The largest absolute Gasteiger partial charge is 0.454 e. The second-order valence-electron chi connectivity index (χ2n) is 6.02. The summed E-state index contributed by atoms with van der Waals surface area (Å²) in [5.74, 6) is -1.91. The van der Waals surface area contributed by atoms with Gasteiger partial charge in [0.15, 0.2) is 6.61 Å². The number of carbonyl (C=O) groups is 4. The second kappa shape index (κ2) is 9.86. The van der Waals surface area contributed by atoms with Crippen LogP contribution in [0.15, 0.2) is 48.5 Å². The first kappa shape index (κ1) is 20.6. The molecule has 3 N–H and O–H groups in total. The molecule has 0 aromatic heterocycles. The van der Waals surface area contributed by atoms with Gasteiger partial charge in [-0.25, -0.2) is 0 Å². The molecule has 0 heterocycles. The monoisotopic (exact) mass is 383 g/mol. The molecular weight excluding hydrogens is 362 g/mol. The highest BCUT2D eigenvalue weighted by Crippen LogP contribution is 2.14. The predicted octanol–water partition coefficient (Wildman–Crippen LogP) is 1.87. The minimum absolute atomic E-state index is 0.231. The van der Waals surface area contributed by atoms with E-state index in [9.17, 15) is 19.2 Å². The van der Waals surface area contributed by atoms with Gasteiger partial charge in [0.25, 0.3) is 11.8 Å². The minimum atomic E-state index is -0.733. The first-order valence-corrected chi connectivity index (χ1v) is 8.51. The zero-order valence-electron chi connectivity index (χ0n) is 15.6. The van der Waals surface area contributed by atoms with Crippen LogP contribution in [0.5, 0.6) is 0 Å². The van der Waals surface area contributed by atoms with Crippen LogP contribution in [0.25, 0.3) is 0 Å². The van der Waals surface area contributed by atoms with Crippen LogP contribution >= 0.6 is 0 Å². The van der Waals surface area contributed by atoms with Gasteiger partial charge in [0.2, 0.25) is 5.91 Å². The fraction of sp³-hybridized carbons (Fsp3) is 0.200. The van der Waals surface area contributed by atoms with Crippen molar-refractivity contribution in [3.8, 4) is 0 Å². The van der Waals surface area contributed by atoms with Gasteiger partial charge in [0.05, 0.1) is 0 Å². The molecule has 0 radical (unpaired) electrons. The van der Waals surface area contributed by atoms with Gasteiger partial charge >= 0.3 is 5.97 Å². The van der Waals surface area contributed by atoms with E-state index < -0.39 is 24.4 Å². The topological polar surface area (TPSA) is 114 Å². The summed E-state index contributed by atoms with van der Waals surface area (Å²) in [5.41, 5.74) is 2.33. The lowest BCUT2D eigenvalue weighted by atomic mass is 10.1. The Hall–Kier alpha value is -3.68. The van der Waals surface area contributed by atoms with Crippen LogP contribution in [0.1, 0.15) is 22.8 Å². The number of benzene rings is 2. The maximum atomic E-state index is 12.0. The number of rotatable bonds is 7. The minimum Gasteiger partial charge on any atom is -0.454 e. The van der Waals surface area contributed by atoms with Crippen molar-refractivity contribution in [1.29, 1.82) is 0 Å². The molecule has 146 valence electrons. The van der Waals surface area contributed by atoms with E-state index in [1.807, 2.05) is 13.0 Å². The molecule has 0 saturated heterocycles. The lowest BCUT2D eigenvalue weighted by Gasteiger charge is -2.09. The molecule has 8 heteroatoms. The summed E-state index contributed by atoms with van der Waals surface area (Å²) in [7, 11) is 0. The fourth-order valence-corrected chi connectivity index (χ4v) is 2.31. The number of nitrogens with one attached hydrogen (secondary N) is 3. The van der Waals surface area contributed by atoms with Gasteiger partial charge in [0, 0.05) is 23.9 Å². The van der Waals surface area contributed by atoms with Gasteiger partial charge in [-0.3, -0.25) is 19.2 Å². The van der Waals surface area contributed by atoms with Gasteiger partial charge < -0.3 is 20.7 Å². The summed E-state index contributed by atoms with van der Waals surface area (Å²) < 4.78 is 4.85. The van der Waals surface area contributed by atoms with E-state index in [0.29, 0.717) is 16.9 Å². The van der Waals surface area contributed by atoms with Gasteiger partial charge in [-0.1, -0.05) is 23.8 Å². The van der Waals surface area contributed by atoms with E-state index in [4.69, 9.17) is 4.74 Å². The molecule has 0 aliphatic heterocycles. The Balaban J connectivity index is 1.75. The molecular formula is C20H21N3O5.